The summed E-state index contributed by atoms with van der Waals surface area (Å²) in [5.74, 6) is 0. The van der Waals surface area contributed by atoms with Gasteiger partial charge in [-0.05, 0) is 91.0 Å². The molecule has 0 radical (unpaired) electrons. The van der Waals surface area contributed by atoms with Crippen LogP contribution < -0.4 is 0 Å². The number of nitrogens with zero attached hydrogens (tertiary/aromatic N) is 8. The number of aromatic nitrogens is 8. The van der Waals surface area contributed by atoms with Gasteiger partial charge in [-0.1, -0.05) is 42.5 Å². The van der Waals surface area contributed by atoms with Gasteiger partial charge in [-0.3, -0.25) is 19.9 Å². The quantitative estimate of drug-likeness (QED) is 0.180. The first-order valence-corrected chi connectivity index (χ1v) is 19.3. The van der Waals surface area contributed by atoms with Crippen molar-refractivity contribution in [1.29, 1.82) is 0 Å². The van der Waals surface area contributed by atoms with E-state index in [-0.39, 0.29) is 0 Å². The maximum Gasteiger partial charge on any atom is 0.0571 e. The summed E-state index contributed by atoms with van der Waals surface area (Å²) in [5, 5.41) is 9.14. The Labute approximate surface area is 330 Å². The van der Waals surface area contributed by atoms with Gasteiger partial charge < -0.3 is 18.3 Å². The molecule has 5 aromatic carbocycles. The lowest BCUT2D eigenvalue weighted by molar-refractivity contribution is 1.13. The van der Waals surface area contributed by atoms with Crippen LogP contribution >= 0.6 is 0 Å². The highest BCUT2D eigenvalue weighted by atomic mass is 15.0. The van der Waals surface area contributed by atoms with Crippen molar-refractivity contribution in [3.05, 3.63) is 183 Å². The highest BCUT2D eigenvalue weighted by Crippen LogP contribution is 2.39. The molecule has 8 aromatic heterocycles. The van der Waals surface area contributed by atoms with Crippen molar-refractivity contribution in [2.24, 2.45) is 0 Å². The second kappa shape index (κ2) is 11.7. The molecule has 0 aliphatic rings. The molecule has 0 aliphatic carbocycles. The van der Waals surface area contributed by atoms with Crippen LogP contribution in [0, 0.1) is 0 Å². The van der Waals surface area contributed by atoms with Gasteiger partial charge >= 0.3 is 0 Å². The van der Waals surface area contributed by atoms with E-state index in [1.165, 1.54) is 10.8 Å². The normalized spacial score (nSPS) is 12.1. The summed E-state index contributed by atoms with van der Waals surface area (Å²) >= 11 is 0. The number of fused-ring (bicyclic) bond motifs is 12. The van der Waals surface area contributed by atoms with Crippen LogP contribution in [0.3, 0.4) is 0 Å². The van der Waals surface area contributed by atoms with E-state index in [1.807, 2.05) is 49.6 Å². The molecule has 0 saturated heterocycles. The predicted octanol–water partition coefficient (Wildman–Crippen LogP) is 11.7. The second-order valence-corrected chi connectivity index (χ2v) is 14.9. The van der Waals surface area contributed by atoms with Gasteiger partial charge in [0.25, 0.3) is 0 Å². The first-order chi connectivity index (χ1) is 28.8. The van der Waals surface area contributed by atoms with Crippen molar-refractivity contribution in [1.82, 2.24) is 38.2 Å². The van der Waals surface area contributed by atoms with Crippen LogP contribution in [-0.4, -0.2) is 38.2 Å². The van der Waals surface area contributed by atoms with E-state index in [0.29, 0.717) is 0 Å². The third-order valence-corrected chi connectivity index (χ3v) is 11.9. The van der Waals surface area contributed by atoms with Gasteiger partial charge in [0.05, 0.1) is 44.1 Å². The minimum atomic E-state index is 1.07. The van der Waals surface area contributed by atoms with Crippen molar-refractivity contribution in [2.75, 3.05) is 0 Å². The van der Waals surface area contributed by atoms with Gasteiger partial charge in [0.2, 0.25) is 0 Å². The van der Waals surface area contributed by atoms with Crippen LogP contribution in [0.5, 0.6) is 0 Å². The Kier molecular flexibility index (Phi) is 6.29. The SMILES string of the molecule is c1cc(-n2c3ccncc3c3cc(-n4c5ccccc5c5cnccc54)ccc32)cc(-n2c3ccncc3c3cc(-n4c5ccccc5c5cnccc54)ccc32)c1. The molecular formula is C50H30N8. The minimum absolute atomic E-state index is 1.07. The van der Waals surface area contributed by atoms with E-state index in [0.717, 1.165) is 99.2 Å². The van der Waals surface area contributed by atoms with Crippen LogP contribution in [0.25, 0.3) is 110 Å². The van der Waals surface area contributed by atoms with Crippen molar-refractivity contribution in [2.45, 2.75) is 0 Å². The highest BCUT2D eigenvalue weighted by Gasteiger charge is 2.20. The number of pyridine rings is 4. The van der Waals surface area contributed by atoms with Gasteiger partial charge in [0.1, 0.15) is 0 Å². The largest absolute Gasteiger partial charge is 0.309 e. The third kappa shape index (κ3) is 4.23. The Morgan fingerprint density at radius 2 is 0.569 bits per heavy atom. The Bertz CT molecular complexity index is 3470. The first-order valence-electron chi connectivity index (χ1n) is 19.3. The van der Waals surface area contributed by atoms with Crippen molar-refractivity contribution >= 4 is 87.2 Å². The summed E-state index contributed by atoms with van der Waals surface area (Å²) < 4.78 is 9.40. The lowest BCUT2D eigenvalue weighted by atomic mass is 10.1. The molecule has 0 unspecified atom stereocenters. The Balaban J connectivity index is 1.00. The smallest absolute Gasteiger partial charge is 0.0571 e. The van der Waals surface area contributed by atoms with E-state index in [1.54, 1.807) is 0 Å². The second-order valence-electron chi connectivity index (χ2n) is 14.9. The Morgan fingerprint density at radius 3 is 0.983 bits per heavy atom. The lowest BCUT2D eigenvalue weighted by Gasteiger charge is -2.13. The molecule has 13 rings (SSSR count). The minimum Gasteiger partial charge on any atom is -0.309 e. The van der Waals surface area contributed by atoms with E-state index in [9.17, 15) is 0 Å². The molecule has 270 valence electrons. The summed E-state index contributed by atoms with van der Waals surface area (Å²) in [6.45, 7) is 0. The molecule has 0 atom stereocenters. The van der Waals surface area contributed by atoms with Gasteiger partial charge in [0, 0.05) is 115 Å². The summed E-state index contributed by atoms with van der Waals surface area (Å²) in [4.78, 5) is 18.1. The maximum absolute atomic E-state index is 4.60. The molecule has 0 saturated carbocycles. The van der Waals surface area contributed by atoms with E-state index in [4.69, 9.17) is 0 Å². The number of hydrogen-bond donors (Lipinski definition) is 0. The zero-order chi connectivity index (χ0) is 37.9. The zero-order valence-electron chi connectivity index (χ0n) is 30.9. The Hall–Kier alpha value is -8.10. The maximum atomic E-state index is 4.60. The van der Waals surface area contributed by atoms with Gasteiger partial charge in [-0.25, -0.2) is 0 Å². The molecule has 0 bridgehead atoms. The van der Waals surface area contributed by atoms with Crippen molar-refractivity contribution in [3.8, 4) is 22.7 Å². The molecule has 0 amide bonds. The van der Waals surface area contributed by atoms with Crippen LogP contribution in [-0.2, 0) is 0 Å². The zero-order valence-corrected chi connectivity index (χ0v) is 30.9. The average molecular weight is 743 g/mol. The molecule has 0 aliphatic heterocycles. The monoisotopic (exact) mass is 742 g/mol. The fourth-order valence-corrected chi connectivity index (χ4v) is 9.50. The number of hydrogen-bond acceptors (Lipinski definition) is 4. The average Bonchev–Trinajstić information content (AvgIpc) is 4.01. The topological polar surface area (TPSA) is 71.3 Å². The van der Waals surface area contributed by atoms with Gasteiger partial charge in [-0.2, -0.15) is 0 Å². The summed E-state index contributed by atoms with van der Waals surface area (Å²) in [6, 6.07) is 47.9. The predicted molar refractivity (Wildman–Crippen MR) is 235 cm³/mol. The molecule has 8 heterocycles. The molecule has 8 nitrogen and oxygen atoms in total. The fourth-order valence-electron chi connectivity index (χ4n) is 9.50. The highest BCUT2D eigenvalue weighted by molar-refractivity contribution is 6.13. The fraction of sp³-hybridized carbons (Fsp3) is 0. The van der Waals surface area contributed by atoms with Crippen LogP contribution in [0.4, 0.5) is 0 Å². The van der Waals surface area contributed by atoms with Crippen LogP contribution in [0.1, 0.15) is 0 Å². The summed E-state index contributed by atoms with van der Waals surface area (Å²) in [6.07, 6.45) is 15.4. The Morgan fingerprint density at radius 1 is 0.241 bits per heavy atom. The molecule has 8 heteroatoms. The molecule has 58 heavy (non-hydrogen) atoms. The van der Waals surface area contributed by atoms with Gasteiger partial charge in [-0.15, -0.1) is 0 Å². The molecule has 0 N–H and O–H groups in total. The number of para-hydroxylation sites is 2. The van der Waals surface area contributed by atoms with Crippen LogP contribution in [0.15, 0.2) is 183 Å². The van der Waals surface area contributed by atoms with E-state index in [2.05, 4.69) is 172 Å². The standard InChI is InChI=1S/C50H30N8/c1-3-10-43-35(8-1)39-27-51-20-16-47(39)57(43)33-12-14-45-37(25-33)41-29-53-22-18-49(41)55(45)31-6-5-7-32(24-31)56-46-15-13-34(26-38(46)42-30-54-23-19-50(42)56)58-44-11-4-2-9-36(44)40-28-52-21-17-48(40)58/h1-30H. The van der Waals surface area contributed by atoms with Crippen molar-refractivity contribution in [3.63, 3.8) is 0 Å². The third-order valence-electron chi connectivity index (χ3n) is 11.9. The summed E-state index contributed by atoms with van der Waals surface area (Å²) in [5.41, 5.74) is 13.3. The molecule has 0 spiro atoms. The number of rotatable bonds is 4. The molecule has 0 fully saturated rings. The lowest BCUT2D eigenvalue weighted by Crippen LogP contribution is -1.99. The van der Waals surface area contributed by atoms with Crippen molar-refractivity contribution < 1.29 is 0 Å². The van der Waals surface area contributed by atoms with Gasteiger partial charge in [0.15, 0.2) is 0 Å². The van der Waals surface area contributed by atoms with Crippen LogP contribution in [0.2, 0.25) is 0 Å². The van der Waals surface area contributed by atoms with E-state index >= 15 is 0 Å². The summed E-state index contributed by atoms with van der Waals surface area (Å²) in [7, 11) is 0. The molecule has 13 aromatic rings. The van der Waals surface area contributed by atoms with E-state index < -0.39 is 0 Å². The molecular weight excluding hydrogens is 713 g/mol. The first kappa shape index (κ1) is 31.1. The number of benzene rings is 5.